The van der Waals surface area contributed by atoms with Gasteiger partial charge in [0, 0.05) is 30.8 Å². The number of hydrogen-bond acceptors (Lipinski definition) is 8. The monoisotopic (exact) mass is 476 g/mol. The van der Waals surface area contributed by atoms with Gasteiger partial charge in [0.25, 0.3) is 12.1 Å². The minimum absolute atomic E-state index is 0.213. The van der Waals surface area contributed by atoms with Crippen LogP contribution in [0, 0.1) is 0 Å². The van der Waals surface area contributed by atoms with Gasteiger partial charge in [0.05, 0.1) is 6.10 Å². The first-order chi connectivity index (χ1) is 12.9. The summed E-state index contributed by atoms with van der Waals surface area (Å²) in [5.74, 6) is -0.213. The molecular weight excluding hydrogens is 454 g/mol. The molecule has 0 aliphatic carbocycles. The largest absolute Gasteiger partial charge is 0.384 e. The number of thiol groups is 1. The second-order valence-corrected chi connectivity index (χ2v) is 14.1. The average molecular weight is 476 g/mol. The minimum atomic E-state index is -4.41. The first-order valence-electron chi connectivity index (χ1n) is 8.06. The van der Waals surface area contributed by atoms with Crippen molar-refractivity contribution in [2.75, 3.05) is 12.9 Å². The number of aromatic amines is 1. The van der Waals surface area contributed by atoms with Crippen molar-refractivity contribution in [3.8, 4) is 0 Å². The van der Waals surface area contributed by atoms with Gasteiger partial charge in [-0.2, -0.15) is 0 Å². The molecule has 1 unspecified atom stereocenters. The van der Waals surface area contributed by atoms with Crippen molar-refractivity contribution in [3.05, 3.63) is 33.1 Å². The molecule has 1 fully saturated rings. The van der Waals surface area contributed by atoms with E-state index in [0.717, 1.165) is 10.6 Å². The van der Waals surface area contributed by atoms with Crippen LogP contribution in [0.15, 0.2) is 21.9 Å². The lowest BCUT2D eigenvalue weighted by atomic mass is 10.1. The van der Waals surface area contributed by atoms with E-state index in [4.69, 9.17) is 23.8 Å². The maximum atomic E-state index is 12.7. The molecule has 0 aromatic carbocycles. The maximum absolute atomic E-state index is 12.7. The van der Waals surface area contributed by atoms with E-state index in [0.29, 0.717) is 11.4 Å². The predicted molar refractivity (Wildman–Crippen MR) is 107 cm³/mol. The van der Waals surface area contributed by atoms with Crippen LogP contribution in [0.25, 0.3) is 0 Å². The second-order valence-electron chi connectivity index (χ2n) is 6.30. The zero-order chi connectivity index (χ0) is 21.3. The second kappa shape index (κ2) is 9.20. The normalized spacial score (nSPS) is 27.8. The number of H-pyrrole nitrogens is 1. The van der Waals surface area contributed by atoms with Gasteiger partial charge in [0.1, 0.15) is 12.2 Å². The molecule has 1 aromatic rings. The molecule has 0 radical (unpaired) electrons. The first kappa shape index (κ1) is 23.9. The summed E-state index contributed by atoms with van der Waals surface area (Å²) in [5, 5.41) is 0. The van der Waals surface area contributed by atoms with Gasteiger partial charge in [-0.25, -0.2) is 9.36 Å². The Balaban J connectivity index is 2.41. The highest BCUT2D eigenvalue weighted by Crippen LogP contribution is 2.59. The molecule has 1 aliphatic rings. The quantitative estimate of drug-likeness (QED) is 0.317. The minimum Gasteiger partial charge on any atom is -0.374 e. The zero-order valence-electron chi connectivity index (χ0n) is 15.2. The number of rotatable bonds is 8. The molecule has 160 valence electrons. The topological polar surface area (TPSA) is 157 Å². The van der Waals surface area contributed by atoms with Crippen LogP contribution in [-0.2, 0) is 23.1 Å². The SMILES string of the molecule is CO[C@H]1[C@@H](OP(=O)(S)C(C)C)[C@@H](CSP(=O)(O)O)O[C@H]1n1ccc(=O)[nH]c1=O. The Hall–Kier alpha value is -0.360. The molecule has 1 saturated heterocycles. The van der Waals surface area contributed by atoms with Crippen LogP contribution >= 0.6 is 37.0 Å². The number of hydrogen-bond donors (Lipinski definition) is 4. The van der Waals surface area contributed by atoms with Crippen LogP contribution in [0.3, 0.4) is 0 Å². The summed E-state index contributed by atoms with van der Waals surface area (Å²) in [6, 6.07) is 1.11. The lowest BCUT2D eigenvalue weighted by Crippen LogP contribution is -2.39. The van der Waals surface area contributed by atoms with Crippen LogP contribution in [0.2, 0.25) is 0 Å². The van der Waals surface area contributed by atoms with E-state index < -0.39 is 54.8 Å². The number of methoxy groups -OCH3 is 1. The third-order valence-corrected chi connectivity index (χ3v) is 9.80. The summed E-state index contributed by atoms with van der Waals surface area (Å²) >= 11 is 4.43. The molecule has 0 bridgehead atoms. The van der Waals surface area contributed by atoms with Crippen molar-refractivity contribution in [1.29, 1.82) is 0 Å². The van der Waals surface area contributed by atoms with E-state index in [2.05, 4.69) is 17.2 Å². The Labute approximate surface area is 169 Å². The predicted octanol–water partition coefficient (Wildman–Crippen LogP) is 1.19. The number of nitrogens with one attached hydrogen (secondary N) is 1. The highest BCUT2D eigenvalue weighted by molar-refractivity contribution is 8.54. The van der Waals surface area contributed by atoms with Crippen LogP contribution in [0.4, 0.5) is 0 Å². The Bertz CT molecular complexity index is 898. The molecule has 1 aliphatic heterocycles. The Morgan fingerprint density at radius 2 is 2.00 bits per heavy atom. The van der Waals surface area contributed by atoms with Gasteiger partial charge in [-0.05, 0) is 11.4 Å². The van der Waals surface area contributed by atoms with Crippen molar-refractivity contribution < 1.29 is 32.9 Å². The standard InChI is InChI=1S/C13H22N2O9P2S2/c1-7(2)25(18,27)24-10-8(6-28-26(19,20)21)23-12(11(10)22-3)15-5-4-9(16)14-13(15)17/h4-5,7-8,10-12H,6H2,1-3H3,(H,18,27)(H,14,16,17)(H2,19,20,21)/t8-,10+,11+,12-,25?/m1/s1. The fourth-order valence-corrected chi connectivity index (χ4v) is 5.35. The Morgan fingerprint density at radius 3 is 2.50 bits per heavy atom. The van der Waals surface area contributed by atoms with Crippen molar-refractivity contribution in [2.45, 2.75) is 44.0 Å². The summed E-state index contributed by atoms with van der Waals surface area (Å²) in [5.41, 5.74) is -1.81. The van der Waals surface area contributed by atoms with E-state index in [-0.39, 0.29) is 5.75 Å². The number of aromatic nitrogens is 2. The third-order valence-electron chi connectivity index (χ3n) is 4.02. The molecule has 2 rings (SSSR count). The molecule has 0 spiro atoms. The zero-order valence-corrected chi connectivity index (χ0v) is 18.7. The molecule has 3 N–H and O–H groups in total. The smallest absolute Gasteiger partial charge is 0.374 e. The number of nitrogens with zero attached hydrogens (tertiary/aromatic N) is 1. The molecule has 11 nitrogen and oxygen atoms in total. The Kier molecular flexibility index (Phi) is 7.85. The van der Waals surface area contributed by atoms with Crippen LogP contribution < -0.4 is 11.2 Å². The molecule has 0 amide bonds. The van der Waals surface area contributed by atoms with Crippen LogP contribution in [0.1, 0.15) is 20.1 Å². The van der Waals surface area contributed by atoms with Gasteiger partial charge in [-0.15, -0.1) is 0 Å². The maximum Gasteiger partial charge on any atom is 0.384 e. The molecule has 1 aromatic heterocycles. The lowest BCUT2D eigenvalue weighted by molar-refractivity contribution is -0.0499. The van der Waals surface area contributed by atoms with Crippen molar-refractivity contribution in [3.63, 3.8) is 0 Å². The van der Waals surface area contributed by atoms with Gasteiger partial charge in [0.2, 0.25) is 0 Å². The summed E-state index contributed by atoms with van der Waals surface area (Å²) < 4.78 is 41.9. The van der Waals surface area contributed by atoms with Gasteiger partial charge < -0.3 is 23.8 Å². The summed E-state index contributed by atoms with van der Waals surface area (Å²) in [7, 11) is 1.32. The summed E-state index contributed by atoms with van der Waals surface area (Å²) in [6.45, 7) is -4.54. The molecular formula is C13H22N2O9P2S2. The van der Waals surface area contributed by atoms with Crippen LogP contribution in [-0.4, -0.2) is 56.2 Å². The lowest BCUT2D eigenvalue weighted by Gasteiger charge is -2.27. The van der Waals surface area contributed by atoms with Gasteiger partial charge in [-0.1, -0.05) is 26.1 Å². The van der Waals surface area contributed by atoms with E-state index in [1.165, 1.54) is 13.3 Å². The molecule has 15 heteroatoms. The van der Waals surface area contributed by atoms with Gasteiger partial charge in [-0.3, -0.25) is 18.9 Å². The van der Waals surface area contributed by atoms with Crippen LogP contribution in [0.5, 0.6) is 0 Å². The first-order valence-corrected chi connectivity index (χ1v) is 14.1. The Morgan fingerprint density at radius 1 is 1.36 bits per heavy atom. The van der Waals surface area contributed by atoms with E-state index in [1.54, 1.807) is 13.8 Å². The molecule has 2 heterocycles. The fourth-order valence-electron chi connectivity index (χ4n) is 2.54. The van der Waals surface area contributed by atoms with E-state index in [9.17, 15) is 18.7 Å². The van der Waals surface area contributed by atoms with Crippen molar-refractivity contribution in [1.82, 2.24) is 9.55 Å². The highest BCUT2D eigenvalue weighted by atomic mass is 32.7. The van der Waals surface area contributed by atoms with E-state index in [1.807, 2.05) is 0 Å². The third kappa shape index (κ3) is 5.84. The van der Waals surface area contributed by atoms with E-state index >= 15 is 0 Å². The van der Waals surface area contributed by atoms with Crippen molar-refractivity contribution in [2.24, 2.45) is 0 Å². The molecule has 28 heavy (non-hydrogen) atoms. The average Bonchev–Trinajstić information content (AvgIpc) is 2.88. The molecule has 0 saturated carbocycles. The highest BCUT2D eigenvalue weighted by Gasteiger charge is 2.50. The van der Waals surface area contributed by atoms with Gasteiger partial charge >= 0.3 is 12.5 Å². The molecule has 5 atom stereocenters. The number of ether oxygens (including phenoxy) is 2. The van der Waals surface area contributed by atoms with Gasteiger partial charge in [0.15, 0.2) is 6.23 Å². The van der Waals surface area contributed by atoms with Crippen molar-refractivity contribution >= 4 is 37.0 Å². The summed E-state index contributed by atoms with van der Waals surface area (Å²) in [4.78, 5) is 43.8. The fraction of sp³-hybridized carbons (Fsp3) is 0.692. The summed E-state index contributed by atoms with van der Waals surface area (Å²) in [6.07, 6.45) is -2.83.